The number of aromatic nitrogens is 4. The second-order valence-corrected chi connectivity index (χ2v) is 10.3. The first-order valence-corrected chi connectivity index (χ1v) is 13.1. The van der Waals surface area contributed by atoms with Gasteiger partial charge in [-0.2, -0.15) is 4.31 Å². The van der Waals surface area contributed by atoms with E-state index in [9.17, 15) is 13.2 Å². The molecule has 0 atom stereocenters. The molecule has 2 N–H and O–H groups in total. The number of benzene rings is 1. The van der Waals surface area contributed by atoms with Gasteiger partial charge in [0.05, 0.1) is 17.8 Å². The van der Waals surface area contributed by atoms with E-state index >= 15 is 0 Å². The van der Waals surface area contributed by atoms with E-state index in [1.807, 2.05) is 4.57 Å². The molecule has 4 rings (SSSR count). The van der Waals surface area contributed by atoms with Crippen molar-refractivity contribution in [3.63, 3.8) is 0 Å². The molecule has 1 aliphatic rings. The van der Waals surface area contributed by atoms with Crippen LogP contribution in [0.1, 0.15) is 44.1 Å². The second-order valence-electron chi connectivity index (χ2n) is 8.41. The molecule has 2 aromatic heterocycles. The Kier molecular flexibility index (Phi) is 7.73. The van der Waals surface area contributed by atoms with Gasteiger partial charge in [0.2, 0.25) is 10.0 Å². The first kappa shape index (κ1) is 24.1. The molecule has 0 amide bonds. The molecular weight excluding hydrogens is 456 g/mol. The molecule has 10 nitrogen and oxygen atoms in total. The lowest BCUT2D eigenvalue weighted by molar-refractivity contribution is -0.143. The maximum absolute atomic E-state index is 12.9. The van der Waals surface area contributed by atoms with Gasteiger partial charge in [0.25, 0.3) is 0 Å². The third kappa shape index (κ3) is 5.71. The molecule has 0 bridgehead atoms. The van der Waals surface area contributed by atoms with Crippen LogP contribution in [0.3, 0.4) is 0 Å². The Morgan fingerprint density at radius 3 is 2.50 bits per heavy atom. The lowest BCUT2D eigenvalue weighted by Gasteiger charge is -2.20. The molecule has 34 heavy (non-hydrogen) atoms. The molecule has 0 saturated carbocycles. The van der Waals surface area contributed by atoms with Crippen molar-refractivity contribution in [1.82, 2.24) is 23.8 Å². The van der Waals surface area contributed by atoms with Gasteiger partial charge >= 0.3 is 5.97 Å². The smallest absolute Gasteiger partial charge is 0.306 e. The highest BCUT2D eigenvalue weighted by atomic mass is 32.2. The Morgan fingerprint density at radius 1 is 1.03 bits per heavy atom. The molecule has 182 valence electrons. The summed E-state index contributed by atoms with van der Waals surface area (Å²) in [5.41, 5.74) is 7.90. The van der Waals surface area contributed by atoms with Crippen LogP contribution in [0.15, 0.2) is 41.8 Å². The summed E-state index contributed by atoms with van der Waals surface area (Å²) in [7, 11) is -3.46. The molecule has 0 spiro atoms. The summed E-state index contributed by atoms with van der Waals surface area (Å²) >= 11 is 0. The van der Waals surface area contributed by atoms with Crippen LogP contribution in [0.5, 0.6) is 0 Å². The predicted octanol–water partition coefficient (Wildman–Crippen LogP) is 2.54. The summed E-state index contributed by atoms with van der Waals surface area (Å²) in [5, 5.41) is 0. The molecule has 11 heteroatoms. The van der Waals surface area contributed by atoms with Crippen molar-refractivity contribution in [3.05, 3.63) is 42.5 Å². The number of imidazole rings is 1. The minimum atomic E-state index is -3.46. The maximum atomic E-state index is 12.9. The highest BCUT2D eigenvalue weighted by Gasteiger charge is 2.24. The van der Waals surface area contributed by atoms with Gasteiger partial charge in [-0.25, -0.2) is 23.4 Å². The number of sulfonamides is 1. The largest absolute Gasteiger partial charge is 0.466 e. The molecule has 0 aliphatic carbocycles. The molecule has 0 radical (unpaired) electrons. The molecule has 0 unspecified atom stereocenters. The van der Waals surface area contributed by atoms with E-state index in [1.54, 1.807) is 34.9 Å². The average molecular weight is 487 g/mol. The third-order valence-corrected chi connectivity index (χ3v) is 7.89. The van der Waals surface area contributed by atoms with Gasteiger partial charge in [-0.05, 0) is 43.4 Å². The predicted molar refractivity (Wildman–Crippen MR) is 127 cm³/mol. The second kappa shape index (κ2) is 10.9. The Morgan fingerprint density at radius 2 is 1.76 bits per heavy atom. The van der Waals surface area contributed by atoms with Gasteiger partial charge in [0.1, 0.15) is 11.8 Å². The molecule has 1 saturated heterocycles. The number of nitrogen functional groups attached to an aromatic ring is 1. The summed E-state index contributed by atoms with van der Waals surface area (Å²) in [6.07, 6.45) is 8.34. The van der Waals surface area contributed by atoms with Gasteiger partial charge < -0.3 is 15.0 Å². The molecule has 3 aromatic rings. The molecule has 1 aromatic carbocycles. The van der Waals surface area contributed by atoms with Crippen LogP contribution in [0, 0.1) is 0 Å². The lowest BCUT2D eigenvalue weighted by atomic mass is 10.1. The van der Waals surface area contributed by atoms with Gasteiger partial charge in [0.15, 0.2) is 11.5 Å². The summed E-state index contributed by atoms with van der Waals surface area (Å²) in [6.45, 7) is 2.03. The van der Waals surface area contributed by atoms with E-state index < -0.39 is 10.0 Å². The van der Waals surface area contributed by atoms with Crippen molar-refractivity contribution in [2.75, 3.05) is 25.4 Å². The number of aryl methyl sites for hydroxylation is 2. The minimum Gasteiger partial charge on any atom is -0.466 e. The van der Waals surface area contributed by atoms with Crippen molar-refractivity contribution < 1.29 is 17.9 Å². The summed E-state index contributed by atoms with van der Waals surface area (Å²) < 4.78 is 34.5. The van der Waals surface area contributed by atoms with Crippen LogP contribution in [0.25, 0.3) is 11.2 Å². The van der Waals surface area contributed by atoms with E-state index in [1.165, 1.54) is 6.33 Å². The summed E-state index contributed by atoms with van der Waals surface area (Å²) in [5.74, 6) is 0.0473. The van der Waals surface area contributed by atoms with Crippen molar-refractivity contribution in [2.24, 2.45) is 0 Å². The minimum absolute atomic E-state index is 0.232. The number of esters is 1. The number of nitrogens with two attached hydrogens (primary N) is 1. The van der Waals surface area contributed by atoms with Gasteiger partial charge in [0, 0.05) is 26.1 Å². The fourth-order valence-corrected chi connectivity index (χ4v) is 5.58. The Hall–Kier alpha value is -3.05. The molecular formula is C23H30N6O4S. The standard InChI is InChI=1S/C23H30N6O4S/c24-22-21-23(26-16-25-22)28(17-27-21)12-5-15-33-20(30)11-8-18-6-9-19(10-7-18)34(31,32)29-13-3-1-2-4-14-29/h6-7,9-10,16-17H,1-5,8,11-15H2,(H2,24,25,26). The SMILES string of the molecule is Nc1ncnc2c1ncn2CCCOC(=O)CCc1ccc(S(=O)(=O)N2CCCCCC2)cc1. The lowest BCUT2D eigenvalue weighted by Crippen LogP contribution is -2.31. The van der Waals surface area contributed by atoms with Gasteiger partial charge in [-0.3, -0.25) is 4.79 Å². The van der Waals surface area contributed by atoms with Crippen LogP contribution >= 0.6 is 0 Å². The average Bonchev–Trinajstić information content (AvgIpc) is 3.05. The molecule has 1 fully saturated rings. The number of carbonyl (C=O) groups is 1. The zero-order valence-electron chi connectivity index (χ0n) is 19.1. The number of carbonyl (C=O) groups excluding carboxylic acids is 1. The number of hydrogen-bond donors (Lipinski definition) is 1. The monoisotopic (exact) mass is 486 g/mol. The number of ether oxygens (including phenoxy) is 1. The van der Waals surface area contributed by atoms with Crippen LogP contribution in [-0.4, -0.2) is 57.9 Å². The summed E-state index contributed by atoms with van der Waals surface area (Å²) in [6, 6.07) is 6.81. The maximum Gasteiger partial charge on any atom is 0.306 e. The van der Waals surface area contributed by atoms with Crippen LogP contribution in [0.4, 0.5) is 5.82 Å². The highest BCUT2D eigenvalue weighted by molar-refractivity contribution is 7.89. The number of rotatable bonds is 9. The zero-order valence-corrected chi connectivity index (χ0v) is 19.9. The van der Waals surface area contributed by atoms with Gasteiger partial charge in [-0.15, -0.1) is 0 Å². The highest BCUT2D eigenvalue weighted by Crippen LogP contribution is 2.21. The van der Waals surface area contributed by atoms with Gasteiger partial charge in [-0.1, -0.05) is 25.0 Å². The van der Waals surface area contributed by atoms with Crippen molar-refractivity contribution in [3.8, 4) is 0 Å². The molecule has 3 heterocycles. The van der Waals surface area contributed by atoms with E-state index in [-0.39, 0.29) is 19.0 Å². The van der Waals surface area contributed by atoms with E-state index in [4.69, 9.17) is 10.5 Å². The number of anilines is 1. The Balaban J connectivity index is 1.21. The number of nitrogens with zero attached hydrogens (tertiary/aromatic N) is 5. The normalized spacial score (nSPS) is 15.3. The molecule has 1 aliphatic heterocycles. The quantitative estimate of drug-likeness (QED) is 0.360. The van der Waals surface area contributed by atoms with Crippen LogP contribution < -0.4 is 5.73 Å². The first-order chi connectivity index (χ1) is 16.4. The van der Waals surface area contributed by atoms with Crippen molar-refractivity contribution in [1.29, 1.82) is 0 Å². The van der Waals surface area contributed by atoms with Crippen LogP contribution in [-0.2, 0) is 32.5 Å². The topological polar surface area (TPSA) is 133 Å². The van der Waals surface area contributed by atoms with Crippen LogP contribution in [0.2, 0.25) is 0 Å². The van der Waals surface area contributed by atoms with Crippen molar-refractivity contribution in [2.45, 2.75) is 56.4 Å². The Labute approximate surface area is 199 Å². The number of hydrogen-bond acceptors (Lipinski definition) is 8. The summed E-state index contributed by atoms with van der Waals surface area (Å²) in [4.78, 5) is 24.7. The Bertz CT molecular complexity index is 1220. The van der Waals surface area contributed by atoms with E-state index in [0.717, 1.165) is 31.2 Å². The third-order valence-electron chi connectivity index (χ3n) is 5.98. The first-order valence-electron chi connectivity index (χ1n) is 11.6. The number of fused-ring (bicyclic) bond motifs is 1. The van der Waals surface area contributed by atoms with Crippen molar-refractivity contribution >= 4 is 33.0 Å². The fourth-order valence-electron chi connectivity index (χ4n) is 4.06. The zero-order chi connectivity index (χ0) is 24.0. The fraction of sp³-hybridized carbons (Fsp3) is 0.478. The van der Waals surface area contributed by atoms with E-state index in [0.29, 0.717) is 54.4 Å². The van der Waals surface area contributed by atoms with E-state index in [2.05, 4.69) is 15.0 Å².